The number of aromatic nitrogens is 1. The van der Waals surface area contributed by atoms with E-state index < -0.39 is 5.60 Å². The van der Waals surface area contributed by atoms with E-state index in [1.807, 2.05) is 36.4 Å². The van der Waals surface area contributed by atoms with Crippen LogP contribution in [0, 0.1) is 11.8 Å². The van der Waals surface area contributed by atoms with E-state index in [9.17, 15) is 4.79 Å². The van der Waals surface area contributed by atoms with Crippen LogP contribution in [0.4, 0.5) is 5.82 Å². The van der Waals surface area contributed by atoms with Gasteiger partial charge in [0.1, 0.15) is 11.4 Å². The van der Waals surface area contributed by atoms with Crippen molar-refractivity contribution >= 4 is 11.7 Å². The molecular formula is C18H18N2O2. The van der Waals surface area contributed by atoms with Crippen molar-refractivity contribution in [2.45, 2.75) is 19.4 Å². The Morgan fingerprint density at radius 3 is 2.36 bits per heavy atom. The van der Waals surface area contributed by atoms with Crippen molar-refractivity contribution in [1.82, 2.24) is 4.98 Å². The molecule has 0 aliphatic rings. The van der Waals surface area contributed by atoms with Crippen LogP contribution in [0.3, 0.4) is 0 Å². The second kappa shape index (κ2) is 6.88. The van der Waals surface area contributed by atoms with Gasteiger partial charge in [0.2, 0.25) is 0 Å². The van der Waals surface area contributed by atoms with Crippen LogP contribution in [0.25, 0.3) is 0 Å². The van der Waals surface area contributed by atoms with Gasteiger partial charge in [-0.25, -0.2) is 4.98 Å². The lowest BCUT2D eigenvalue weighted by atomic mass is 10.1. The second-order valence-electron chi connectivity index (χ2n) is 5.22. The van der Waals surface area contributed by atoms with E-state index in [1.165, 1.54) is 7.11 Å². The zero-order valence-electron chi connectivity index (χ0n) is 12.9. The van der Waals surface area contributed by atoms with Crippen LogP contribution in [-0.2, 0) is 9.53 Å². The minimum absolute atomic E-state index is 0.245. The Morgan fingerprint density at radius 2 is 1.77 bits per heavy atom. The van der Waals surface area contributed by atoms with Gasteiger partial charge in [0, 0.05) is 24.4 Å². The number of benzene rings is 1. The summed E-state index contributed by atoms with van der Waals surface area (Å²) in [5.41, 5.74) is 0.836. The Hall–Kier alpha value is -2.64. The summed E-state index contributed by atoms with van der Waals surface area (Å²) in [5.74, 6) is 6.32. The van der Waals surface area contributed by atoms with Crippen LogP contribution in [0.5, 0.6) is 0 Å². The summed E-state index contributed by atoms with van der Waals surface area (Å²) in [6, 6.07) is 13.3. The highest BCUT2D eigenvalue weighted by Gasteiger charge is 2.27. The van der Waals surface area contributed by atoms with Crippen LogP contribution >= 0.6 is 0 Å². The van der Waals surface area contributed by atoms with Gasteiger partial charge >= 0.3 is 0 Å². The third-order valence-corrected chi connectivity index (χ3v) is 3.19. The maximum Gasteiger partial charge on any atom is 0.257 e. The molecule has 0 radical (unpaired) electrons. The lowest BCUT2D eigenvalue weighted by Gasteiger charge is -2.21. The fourth-order valence-electron chi connectivity index (χ4n) is 1.57. The SMILES string of the molecule is COC(C)(C)C(=O)Nc1ccc(C#Cc2ccccc2)cn1. The molecule has 0 aliphatic carbocycles. The molecule has 2 rings (SSSR count). The molecule has 1 heterocycles. The van der Waals surface area contributed by atoms with Crippen molar-refractivity contribution in [3.63, 3.8) is 0 Å². The molecule has 0 atom stereocenters. The molecule has 0 spiro atoms. The minimum Gasteiger partial charge on any atom is -0.369 e. The van der Waals surface area contributed by atoms with Crippen LogP contribution in [-0.4, -0.2) is 23.6 Å². The van der Waals surface area contributed by atoms with Crippen molar-refractivity contribution in [1.29, 1.82) is 0 Å². The number of rotatable bonds is 3. The average molecular weight is 294 g/mol. The van der Waals surface area contributed by atoms with E-state index in [1.54, 1.807) is 26.1 Å². The number of carbonyl (C=O) groups is 1. The molecule has 4 heteroatoms. The normalized spacial score (nSPS) is 10.5. The molecule has 0 unspecified atom stereocenters. The summed E-state index contributed by atoms with van der Waals surface area (Å²) < 4.78 is 5.12. The van der Waals surface area contributed by atoms with Crippen LogP contribution in [0.15, 0.2) is 48.7 Å². The zero-order chi connectivity index (χ0) is 16.0. The number of amides is 1. The molecule has 112 valence electrons. The molecule has 2 aromatic rings. The smallest absolute Gasteiger partial charge is 0.257 e. The molecule has 0 bridgehead atoms. The Bertz CT molecular complexity index is 695. The fraction of sp³-hybridized carbons (Fsp3) is 0.222. The minimum atomic E-state index is -0.895. The number of hydrogen-bond acceptors (Lipinski definition) is 3. The summed E-state index contributed by atoms with van der Waals surface area (Å²) in [6.45, 7) is 3.39. The standard InChI is InChI=1S/C18H18N2O2/c1-18(2,22-3)17(21)20-16-12-11-15(13-19-16)10-9-14-7-5-4-6-8-14/h4-8,11-13H,1-3H3,(H,19,20,21). The predicted molar refractivity (Wildman–Crippen MR) is 86.4 cm³/mol. The first-order valence-electron chi connectivity index (χ1n) is 6.91. The number of pyridine rings is 1. The molecule has 1 N–H and O–H groups in total. The number of hydrogen-bond donors (Lipinski definition) is 1. The molecule has 1 aromatic carbocycles. The van der Waals surface area contributed by atoms with Gasteiger partial charge in [-0.05, 0) is 38.1 Å². The lowest BCUT2D eigenvalue weighted by Crippen LogP contribution is -2.39. The number of nitrogens with one attached hydrogen (secondary N) is 1. The van der Waals surface area contributed by atoms with Crippen molar-refractivity contribution in [2.75, 3.05) is 12.4 Å². The van der Waals surface area contributed by atoms with Crippen LogP contribution < -0.4 is 5.32 Å². The first-order chi connectivity index (χ1) is 10.5. The highest BCUT2D eigenvalue weighted by Crippen LogP contribution is 2.12. The van der Waals surface area contributed by atoms with Crippen molar-refractivity contribution < 1.29 is 9.53 Å². The molecule has 22 heavy (non-hydrogen) atoms. The number of anilines is 1. The lowest BCUT2D eigenvalue weighted by molar-refractivity contribution is -0.133. The predicted octanol–water partition coefficient (Wildman–Crippen LogP) is 2.84. The van der Waals surface area contributed by atoms with Gasteiger partial charge in [-0.1, -0.05) is 30.0 Å². The first-order valence-corrected chi connectivity index (χ1v) is 6.91. The molecule has 4 nitrogen and oxygen atoms in total. The van der Waals surface area contributed by atoms with Crippen LogP contribution in [0.2, 0.25) is 0 Å². The highest BCUT2D eigenvalue weighted by molar-refractivity contribution is 5.95. The Labute approximate surface area is 130 Å². The summed E-state index contributed by atoms with van der Waals surface area (Å²) in [6.07, 6.45) is 1.63. The molecule has 0 saturated heterocycles. The monoisotopic (exact) mass is 294 g/mol. The molecule has 0 fully saturated rings. The fourth-order valence-corrected chi connectivity index (χ4v) is 1.57. The van der Waals surface area contributed by atoms with Crippen molar-refractivity contribution in [3.05, 3.63) is 59.8 Å². The summed E-state index contributed by atoms with van der Waals surface area (Å²) in [4.78, 5) is 16.1. The van der Waals surface area contributed by atoms with E-state index in [0.29, 0.717) is 5.82 Å². The van der Waals surface area contributed by atoms with E-state index in [0.717, 1.165) is 11.1 Å². The van der Waals surface area contributed by atoms with Crippen molar-refractivity contribution in [3.8, 4) is 11.8 Å². The maximum absolute atomic E-state index is 12.0. The van der Waals surface area contributed by atoms with Gasteiger partial charge in [-0.15, -0.1) is 0 Å². The van der Waals surface area contributed by atoms with E-state index >= 15 is 0 Å². The summed E-state index contributed by atoms with van der Waals surface area (Å²) in [7, 11) is 1.50. The van der Waals surface area contributed by atoms with Gasteiger partial charge in [0.25, 0.3) is 5.91 Å². The molecule has 1 amide bonds. The van der Waals surface area contributed by atoms with E-state index in [4.69, 9.17) is 4.74 Å². The third-order valence-electron chi connectivity index (χ3n) is 3.19. The molecule has 0 saturated carbocycles. The topological polar surface area (TPSA) is 51.2 Å². The number of ether oxygens (including phenoxy) is 1. The number of nitrogens with zero attached hydrogens (tertiary/aromatic N) is 1. The zero-order valence-corrected chi connectivity index (χ0v) is 12.9. The van der Waals surface area contributed by atoms with Gasteiger partial charge in [-0.2, -0.15) is 0 Å². The quantitative estimate of drug-likeness (QED) is 0.886. The van der Waals surface area contributed by atoms with E-state index in [2.05, 4.69) is 22.1 Å². The van der Waals surface area contributed by atoms with Crippen molar-refractivity contribution in [2.24, 2.45) is 0 Å². The van der Waals surface area contributed by atoms with E-state index in [-0.39, 0.29) is 5.91 Å². The van der Waals surface area contributed by atoms with Gasteiger partial charge in [-0.3, -0.25) is 4.79 Å². The Balaban J connectivity index is 2.05. The molecule has 1 aromatic heterocycles. The van der Waals surface area contributed by atoms with Gasteiger partial charge < -0.3 is 10.1 Å². The molecule has 0 aliphatic heterocycles. The summed E-state index contributed by atoms with van der Waals surface area (Å²) >= 11 is 0. The Morgan fingerprint density at radius 1 is 1.09 bits per heavy atom. The first kappa shape index (κ1) is 15.7. The number of carbonyl (C=O) groups excluding carboxylic acids is 1. The molecular weight excluding hydrogens is 276 g/mol. The number of methoxy groups -OCH3 is 1. The maximum atomic E-state index is 12.0. The highest BCUT2D eigenvalue weighted by atomic mass is 16.5. The summed E-state index contributed by atoms with van der Waals surface area (Å²) in [5, 5.41) is 2.71. The third kappa shape index (κ3) is 4.18. The van der Waals surface area contributed by atoms with Gasteiger partial charge in [0.05, 0.1) is 0 Å². The van der Waals surface area contributed by atoms with Crippen LogP contribution in [0.1, 0.15) is 25.0 Å². The largest absolute Gasteiger partial charge is 0.369 e. The second-order valence-corrected chi connectivity index (χ2v) is 5.22. The average Bonchev–Trinajstić information content (AvgIpc) is 2.55. The Kier molecular flexibility index (Phi) is 4.92. The van der Waals surface area contributed by atoms with Gasteiger partial charge in [0.15, 0.2) is 0 Å².